The zero-order valence-corrected chi connectivity index (χ0v) is 26.0. The fraction of sp³-hybridized carbons (Fsp3) is 0.419. The smallest absolute Gasteiger partial charge is 0.417 e. The summed E-state index contributed by atoms with van der Waals surface area (Å²) in [6.07, 6.45) is -3.21. The lowest BCUT2D eigenvalue weighted by molar-refractivity contribution is -0.137. The highest BCUT2D eigenvalue weighted by Gasteiger charge is 2.42. The van der Waals surface area contributed by atoms with Gasteiger partial charge in [-0.25, -0.2) is 23.1 Å². The molecule has 1 aromatic heterocycles. The maximum Gasteiger partial charge on any atom is 0.417 e. The monoisotopic (exact) mass is 668 g/mol. The van der Waals surface area contributed by atoms with E-state index in [2.05, 4.69) is 9.97 Å². The van der Waals surface area contributed by atoms with Crippen LogP contribution in [0.15, 0.2) is 30.6 Å². The van der Waals surface area contributed by atoms with Crippen LogP contribution in [0, 0.1) is 17.5 Å². The minimum Gasteiger partial charge on any atom is -0.483 e. The molecule has 2 saturated heterocycles. The zero-order valence-electron chi connectivity index (χ0n) is 26.0. The van der Waals surface area contributed by atoms with Gasteiger partial charge in [-0.05, 0) is 46.0 Å². The van der Waals surface area contributed by atoms with Crippen molar-refractivity contribution >= 4 is 24.0 Å². The highest BCUT2D eigenvalue weighted by molar-refractivity contribution is 5.98. The number of aromatic nitrogens is 2. The van der Waals surface area contributed by atoms with Crippen molar-refractivity contribution in [3.8, 4) is 22.3 Å². The van der Waals surface area contributed by atoms with Crippen LogP contribution in [0.1, 0.15) is 36.7 Å². The lowest BCUT2D eigenvalue weighted by Crippen LogP contribution is -2.50. The number of hydrogen-bond acceptors (Lipinski definition) is 8. The van der Waals surface area contributed by atoms with E-state index in [1.165, 1.54) is 4.90 Å². The topological polar surface area (TPSA) is 125 Å². The first-order chi connectivity index (χ1) is 22.1. The third-order valence-corrected chi connectivity index (χ3v) is 8.08. The van der Waals surface area contributed by atoms with Gasteiger partial charge in [-0.1, -0.05) is 0 Å². The maximum absolute atomic E-state index is 16.7. The molecule has 0 bridgehead atoms. The molecular formula is C31H34F6N6O4. The van der Waals surface area contributed by atoms with Crippen molar-refractivity contribution in [3.63, 3.8) is 0 Å². The number of likely N-dealkylation sites (N-methyl/N-ethyl adjacent to an activating group) is 1. The van der Waals surface area contributed by atoms with Gasteiger partial charge < -0.3 is 30.3 Å². The Morgan fingerprint density at radius 3 is 2.09 bits per heavy atom. The molecule has 3 heterocycles. The summed E-state index contributed by atoms with van der Waals surface area (Å²) in [5.74, 6) is -5.21. The van der Waals surface area contributed by atoms with Crippen molar-refractivity contribution < 1.29 is 45.8 Å². The third kappa shape index (κ3) is 7.43. The zero-order chi connectivity index (χ0) is 34.8. The first-order valence-corrected chi connectivity index (χ1v) is 14.6. The van der Waals surface area contributed by atoms with E-state index in [9.17, 15) is 18.0 Å². The molecule has 2 aliphatic rings. The summed E-state index contributed by atoms with van der Waals surface area (Å²) in [5, 5.41) is 6.89. The van der Waals surface area contributed by atoms with Crippen LogP contribution >= 0.6 is 0 Å². The lowest BCUT2D eigenvalue weighted by Gasteiger charge is -2.40. The standard InChI is InChI=1S/C30H32F6N6O2.CH2O2/c1-15-12-41(8-7-40(15)4)22-9-21(32)23(18-10-38-29(39-11-18)42-13-16(2)44-17(3)14-42)27(33)25(22)24-20(31)6-5-19(28(37)43)26(24)30(34,35)36;2-1-3/h5-6,9-11,15-17H,7-8,12-14H2,1-4H3,(H2,37,43);1H,(H,2,3)/t15?,16-,17-;/m0./s1. The molecule has 254 valence electrons. The summed E-state index contributed by atoms with van der Waals surface area (Å²) >= 11 is 0. The molecule has 1 unspecified atom stereocenters. The van der Waals surface area contributed by atoms with Gasteiger partial charge in [-0.2, -0.15) is 13.2 Å². The number of alkyl halides is 3. The molecule has 1 amide bonds. The molecule has 2 aliphatic heterocycles. The van der Waals surface area contributed by atoms with E-state index < -0.39 is 57.4 Å². The van der Waals surface area contributed by atoms with Gasteiger partial charge in [0, 0.05) is 67.8 Å². The van der Waals surface area contributed by atoms with Crippen LogP contribution in [0.25, 0.3) is 22.3 Å². The van der Waals surface area contributed by atoms with E-state index in [0.29, 0.717) is 31.8 Å². The van der Waals surface area contributed by atoms with Crippen molar-refractivity contribution in [1.29, 1.82) is 0 Å². The molecule has 0 aliphatic carbocycles. The fourth-order valence-corrected chi connectivity index (χ4v) is 5.90. The van der Waals surface area contributed by atoms with Crippen LogP contribution in [0.4, 0.5) is 38.0 Å². The molecule has 16 heteroatoms. The van der Waals surface area contributed by atoms with Gasteiger partial charge in [0.1, 0.15) is 17.5 Å². The Hall–Kier alpha value is -4.44. The van der Waals surface area contributed by atoms with Gasteiger partial charge in [0.05, 0.1) is 34.6 Å². The molecule has 0 radical (unpaired) electrons. The first kappa shape index (κ1) is 35.4. The van der Waals surface area contributed by atoms with Gasteiger partial charge >= 0.3 is 6.18 Å². The Morgan fingerprint density at radius 2 is 1.55 bits per heavy atom. The number of benzene rings is 2. The summed E-state index contributed by atoms with van der Waals surface area (Å²) in [4.78, 5) is 34.3. The summed E-state index contributed by atoms with van der Waals surface area (Å²) in [6.45, 7) is 7.12. The molecule has 5 rings (SSSR count). The number of halogens is 6. The van der Waals surface area contributed by atoms with Crippen molar-refractivity contribution in [2.75, 3.05) is 49.6 Å². The largest absolute Gasteiger partial charge is 0.483 e. The molecule has 3 N–H and O–H groups in total. The van der Waals surface area contributed by atoms with E-state index in [1.54, 1.807) is 0 Å². The number of nitrogens with two attached hydrogens (primary N) is 1. The highest BCUT2D eigenvalue weighted by Crippen LogP contribution is 2.47. The average Bonchev–Trinajstić information content (AvgIpc) is 2.98. The summed E-state index contributed by atoms with van der Waals surface area (Å²) in [6, 6.07) is 1.97. The third-order valence-electron chi connectivity index (χ3n) is 8.08. The number of morpholine rings is 1. The van der Waals surface area contributed by atoms with E-state index >= 15 is 13.2 Å². The normalized spacial score (nSPS) is 20.4. The molecule has 3 aromatic rings. The van der Waals surface area contributed by atoms with Crippen LogP contribution < -0.4 is 15.5 Å². The number of piperazine rings is 1. The second-order valence-electron chi connectivity index (χ2n) is 11.5. The van der Waals surface area contributed by atoms with Crippen LogP contribution in [0.2, 0.25) is 0 Å². The second-order valence-corrected chi connectivity index (χ2v) is 11.5. The Bertz CT molecular complexity index is 1610. The average molecular weight is 669 g/mol. The number of anilines is 2. The predicted octanol–water partition coefficient (Wildman–Crippen LogP) is 4.80. The minimum atomic E-state index is -5.31. The molecular weight excluding hydrogens is 634 g/mol. The van der Waals surface area contributed by atoms with Gasteiger partial charge in [0.15, 0.2) is 0 Å². The second kappa shape index (κ2) is 14.1. The van der Waals surface area contributed by atoms with Crippen molar-refractivity contribution in [3.05, 3.63) is 59.2 Å². The van der Waals surface area contributed by atoms with E-state index in [1.807, 2.05) is 37.6 Å². The predicted molar refractivity (Wildman–Crippen MR) is 162 cm³/mol. The number of amides is 1. The van der Waals surface area contributed by atoms with Crippen molar-refractivity contribution in [2.45, 2.75) is 45.2 Å². The molecule has 2 fully saturated rings. The molecule has 0 saturated carbocycles. The number of carboxylic acid groups (broad SMARTS) is 1. The summed E-state index contributed by atoms with van der Waals surface area (Å²) < 4.78 is 97.4. The molecule has 3 atom stereocenters. The number of hydrogen-bond donors (Lipinski definition) is 2. The summed E-state index contributed by atoms with van der Waals surface area (Å²) in [7, 11) is 1.84. The van der Waals surface area contributed by atoms with Crippen molar-refractivity contribution in [2.24, 2.45) is 5.73 Å². The number of nitrogens with zero attached hydrogens (tertiary/aromatic N) is 5. The minimum absolute atomic E-state index is 0.113. The Labute approximate surface area is 266 Å². The van der Waals surface area contributed by atoms with Crippen LogP contribution in [-0.2, 0) is 15.7 Å². The Balaban J connectivity index is 0.00000160. The number of rotatable bonds is 5. The Morgan fingerprint density at radius 1 is 0.957 bits per heavy atom. The van der Waals surface area contributed by atoms with Gasteiger partial charge in [0.25, 0.3) is 6.47 Å². The number of carbonyl (C=O) groups is 2. The highest BCUT2D eigenvalue weighted by atomic mass is 19.4. The van der Waals surface area contributed by atoms with Gasteiger partial charge in [-0.3, -0.25) is 9.59 Å². The molecule has 0 spiro atoms. The first-order valence-electron chi connectivity index (χ1n) is 14.6. The van der Waals surface area contributed by atoms with Crippen LogP contribution in [0.5, 0.6) is 0 Å². The SMILES string of the molecule is CC1CN(c2cc(F)c(-c3cnc(N4C[C@H](C)O[C@@H](C)C4)nc3)c(F)c2-c2c(F)ccc(C(N)=O)c2C(F)(F)F)CCN1C.O=CO. The molecule has 2 aromatic carbocycles. The Kier molecular flexibility index (Phi) is 10.6. The number of carbonyl (C=O) groups excluding carboxylic acids is 1. The number of primary amides is 1. The van der Waals surface area contributed by atoms with Gasteiger partial charge in [-0.15, -0.1) is 0 Å². The summed E-state index contributed by atoms with van der Waals surface area (Å²) in [5.41, 5.74) is -0.817. The maximum atomic E-state index is 16.7. The van der Waals surface area contributed by atoms with Crippen molar-refractivity contribution in [1.82, 2.24) is 14.9 Å². The lowest BCUT2D eigenvalue weighted by atomic mass is 9.89. The van der Waals surface area contributed by atoms with Gasteiger partial charge in [0.2, 0.25) is 11.9 Å². The van der Waals surface area contributed by atoms with E-state index in [0.717, 1.165) is 18.5 Å². The number of ether oxygens (including phenoxy) is 1. The molecule has 47 heavy (non-hydrogen) atoms. The van der Waals surface area contributed by atoms with E-state index in [4.69, 9.17) is 20.4 Å². The molecule has 10 nitrogen and oxygen atoms in total. The fourth-order valence-electron chi connectivity index (χ4n) is 5.90. The van der Waals surface area contributed by atoms with Crippen LogP contribution in [0.3, 0.4) is 0 Å². The quantitative estimate of drug-likeness (QED) is 0.292. The van der Waals surface area contributed by atoms with Crippen LogP contribution in [-0.4, -0.2) is 90.4 Å². The van der Waals surface area contributed by atoms with E-state index in [-0.39, 0.29) is 55.0 Å².